The van der Waals surface area contributed by atoms with E-state index < -0.39 is 0 Å². The minimum absolute atomic E-state index is 1.04. The molecule has 0 aliphatic heterocycles. The lowest BCUT2D eigenvalue weighted by atomic mass is 10.1. The molecule has 0 bridgehead atoms. The third-order valence-electron chi connectivity index (χ3n) is 2.83. The van der Waals surface area contributed by atoms with Crippen molar-refractivity contribution < 1.29 is 0 Å². The zero-order valence-corrected chi connectivity index (χ0v) is 10.6. The summed E-state index contributed by atoms with van der Waals surface area (Å²) in [6.07, 6.45) is 13.9. The van der Waals surface area contributed by atoms with E-state index in [1.165, 1.54) is 64.2 Å². The number of hydrogen-bond donors (Lipinski definition) is 0. The van der Waals surface area contributed by atoms with E-state index in [0.29, 0.717) is 0 Å². The minimum atomic E-state index is 1.04. The van der Waals surface area contributed by atoms with Gasteiger partial charge >= 0.3 is 0 Å². The molecule has 2 radical (unpaired) electrons. The number of hydrogen-bond acceptors (Lipinski definition) is 1. The minimum Gasteiger partial charge on any atom is -0.301 e. The zero-order valence-electron chi connectivity index (χ0n) is 10.6. The Morgan fingerprint density at radius 3 is 1.47 bits per heavy atom. The molecule has 0 N–H and O–H groups in total. The molecule has 0 spiro atoms. The van der Waals surface area contributed by atoms with E-state index in [9.17, 15) is 0 Å². The van der Waals surface area contributed by atoms with Crippen LogP contribution in [0, 0.1) is 14.1 Å². The van der Waals surface area contributed by atoms with E-state index in [2.05, 4.69) is 21.0 Å². The van der Waals surface area contributed by atoms with Crippen molar-refractivity contribution in [3.05, 3.63) is 14.1 Å². The summed E-state index contributed by atoms with van der Waals surface area (Å²) in [7, 11) is 7.47. The highest BCUT2D eigenvalue weighted by Gasteiger charge is 1.93. The van der Waals surface area contributed by atoms with Crippen LogP contribution < -0.4 is 0 Å². The van der Waals surface area contributed by atoms with Crippen molar-refractivity contribution in [2.45, 2.75) is 71.1 Å². The monoisotopic (exact) mass is 211 g/mol. The average Bonchev–Trinajstić information content (AvgIpc) is 2.20. The van der Waals surface area contributed by atoms with Crippen molar-refractivity contribution in [3.63, 3.8) is 0 Å². The van der Waals surface area contributed by atoms with Crippen LogP contribution in [0.4, 0.5) is 0 Å². The first-order valence-corrected chi connectivity index (χ1v) is 6.66. The van der Waals surface area contributed by atoms with Crippen LogP contribution >= 0.6 is 0 Å². The largest absolute Gasteiger partial charge is 0.301 e. The second-order valence-corrected chi connectivity index (χ2v) is 4.58. The summed E-state index contributed by atoms with van der Waals surface area (Å²) in [6.45, 7) is 3.31. The van der Waals surface area contributed by atoms with Gasteiger partial charge in [-0.3, -0.25) is 0 Å². The molecule has 1 nitrogen and oxygen atoms in total. The molecule has 0 unspecified atom stereocenters. The molecular formula is C14H29N. The highest BCUT2D eigenvalue weighted by atomic mass is 15.0. The maximum absolute atomic E-state index is 3.74. The highest BCUT2D eigenvalue weighted by Crippen LogP contribution is 2.10. The highest BCUT2D eigenvalue weighted by molar-refractivity contribution is 4.53. The van der Waals surface area contributed by atoms with Gasteiger partial charge in [0.2, 0.25) is 0 Å². The Morgan fingerprint density at radius 2 is 1.07 bits per heavy atom. The van der Waals surface area contributed by atoms with Crippen molar-refractivity contribution in [2.75, 3.05) is 6.54 Å². The SMILES string of the molecule is [CH2]N([CH2])CCCCCCCCCCCC. The fourth-order valence-electron chi connectivity index (χ4n) is 1.82. The summed E-state index contributed by atoms with van der Waals surface area (Å²) in [5.41, 5.74) is 0. The van der Waals surface area contributed by atoms with E-state index in [-0.39, 0.29) is 0 Å². The Kier molecular flexibility index (Phi) is 12.0. The molecule has 0 atom stereocenters. The summed E-state index contributed by atoms with van der Waals surface area (Å²) in [6, 6.07) is 0. The van der Waals surface area contributed by atoms with Gasteiger partial charge in [-0.1, -0.05) is 64.7 Å². The number of nitrogens with zero attached hydrogens (tertiary/aromatic N) is 1. The van der Waals surface area contributed by atoms with Crippen LogP contribution in [0.5, 0.6) is 0 Å². The smallest absolute Gasteiger partial charge is 0.0110 e. The Balaban J connectivity index is 2.87. The van der Waals surface area contributed by atoms with Crippen molar-refractivity contribution in [2.24, 2.45) is 0 Å². The zero-order chi connectivity index (χ0) is 11.4. The average molecular weight is 211 g/mol. The first-order valence-electron chi connectivity index (χ1n) is 6.66. The van der Waals surface area contributed by atoms with Gasteiger partial charge in [-0.25, -0.2) is 0 Å². The lowest BCUT2D eigenvalue weighted by molar-refractivity contribution is 0.455. The summed E-state index contributed by atoms with van der Waals surface area (Å²) in [5, 5.41) is 0. The Bertz CT molecular complexity index is 110. The lowest BCUT2D eigenvalue weighted by Crippen LogP contribution is -2.06. The second-order valence-electron chi connectivity index (χ2n) is 4.58. The summed E-state index contributed by atoms with van der Waals surface area (Å²) >= 11 is 0. The van der Waals surface area contributed by atoms with Gasteiger partial charge in [-0.05, 0) is 13.0 Å². The third kappa shape index (κ3) is 14.0. The predicted molar refractivity (Wildman–Crippen MR) is 69.3 cm³/mol. The van der Waals surface area contributed by atoms with E-state index >= 15 is 0 Å². The molecule has 0 aromatic rings. The molecule has 0 heterocycles. The maximum atomic E-state index is 3.74. The van der Waals surface area contributed by atoms with Crippen molar-refractivity contribution in [1.29, 1.82) is 0 Å². The maximum Gasteiger partial charge on any atom is 0.0110 e. The molecule has 15 heavy (non-hydrogen) atoms. The molecule has 1 heteroatoms. The normalized spacial score (nSPS) is 11.2. The number of unbranched alkanes of at least 4 members (excludes halogenated alkanes) is 9. The molecule has 90 valence electrons. The van der Waals surface area contributed by atoms with Crippen molar-refractivity contribution in [1.82, 2.24) is 4.90 Å². The van der Waals surface area contributed by atoms with Crippen LogP contribution in [-0.4, -0.2) is 11.4 Å². The fraction of sp³-hybridized carbons (Fsp3) is 0.857. The Hall–Kier alpha value is -0.0400. The predicted octanol–water partition coefficient (Wildman–Crippen LogP) is 4.79. The van der Waals surface area contributed by atoms with Gasteiger partial charge in [0, 0.05) is 14.1 Å². The van der Waals surface area contributed by atoms with Gasteiger partial charge in [0.25, 0.3) is 0 Å². The van der Waals surface area contributed by atoms with E-state index in [1.807, 2.05) is 0 Å². The van der Waals surface area contributed by atoms with Crippen LogP contribution in [0.2, 0.25) is 0 Å². The molecule has 0 fully saturated rings. The van der Waals surface area contributed by atoms with Crippen LogP contribution in [0.3, 0.4) is 0 Å². The molecule has 0 aliphatic rings. The van der Waals surface area contributed by atoms with Gasteiger partial charge in [-0.15, -0.1) is 0 Å². The first-order chi connectivity index (χ1) is 7.27. The Morgan fingerprint density at radius 1 is 0.667 bits per heavy atom. The molecule has 0 amide bonds. The Labute approximate surface area is 97.2 Å². The first kappa shape index (κ1) is 15.0. The molecule has 0 saturated carbocycles. The van der Waals surface area contributed by atoms with Gasteiger partial charge in [0.1, 0.15) is 0 Å². The van der Waals surface area contributed by atoms with Gasteiger partial charge in [-0.2, -0.15) is 0 Å². The van der Waals surface area contributed by atoms with Crippen LogP contribution in [0.25, 0.3) is 0 Å². The van der Waals surface area contributed by atoms with Crippen LogP contribution in [0.1, 0.15) is 71.1 Å². The summed E-state index contributed by atoms with van der Waals surface area (Å²) < 4.78 is 0. The van der Waals surface area contributed by atoms with Gasteiger partial charge < -0.3 is 4.90 Å². The molecule has 0 saturated heterocycles. The van der Waals surface area contributed by atoms with E-state index in [1.54, 1.807) is 4.90 Å². The standard InChI is InChI=1S/C14H29N/c1-4-5-6-7-8-9-10-11-12-13-14-15(2)3/h2-14H2,1H3. The van der Waals surface area contributed by atoms with Crippen molar-refractivity contribution in [3.8, 4) is 0 Å². The third-order valence-corrected chi connectivity index (χ3v) is 2.83. The van der Waals surface area contributed by atoms with Gasteiger partial charge in [0.05, 0.1) is 0 Å². The fourth-order valence-corrected chi connectivity index (χ4v) is 1.82. The molecule has 0 aliphatic carbocycles. The topological polar surface area (TPSA) is 3.24 Å². The molecular weight excluding hydrogens is 182 g/mol. The number of rotatable bonds is 11. The lowest BCUT2D eigenvalue weighted by Gasteiger charge is -2.07. The van der Waals surface area contributed by atoms with E-state index in [4.69, 9.17) is 0 Å². The van der Waals surface area contributed by atoms with Crippen molar-refractivity contribution >= 4 is 0 Å². The van der Waals surface area contributed by atoms with Gasteiger partial charge in [0.15, 0.2) is 0 Å². The second kappa shape index (κ2) is 12.0. The quantitative estimate of drug-likeness (QED) is 0.444. The molecule has 0 aromatic heterocycles. The molecule has 0 rings (SSSR count). The van der Waals surface area contributed by atoms with Crippen LogP contribution in [-0.2, 0) is 0 Å². The summed E-state index contributed by atoms with van der Waals surface area (Å²) in [5.74, 6) is 0. The summed E-state index contributed by atoms with van der Waals surface area (Å²) in [4.78, 5) is 1.78. The molecule has 0 aromatic carbocycles. The van der Waals surface area contributed by atoms with E-state index in [0.717, 1.165) is 6.54 Å². The van der Waals surface area contributed by atoms with Crippen LogP contribution in [0.15, 0.2) is 0 Å².